The van der Waals surface area contributed by atoms with Crippen LogP contribution in [0, 0.1) is 0 Å². The molecule has 4 aromatic heterocycles. The SMILES string of the molecule is CCOCCCn1c(NC(=O)c2ccc(-c3ccncc3)s2)nc2cc3[nH]c(=O)n(C)c3cc21. The standard InChI is InChI=1S/C24H24N6O3S/c1-3-33-12-4-11-30-19-14-18-16(27-24(32)29(18)2)13-17(19)26-23(30)28-22(31)21-6-5-20(34-21)15-7-9-25-10-8-15/h5-10,13-14H,3-4,11-12H2,1-2H3,(H,27,32)(H,26,28,31). The van der Waals surface area contributed by atoms with Gasteiger partial charge in [0.2, 0.25) is 5.95 Å². The molecule has 9 nitrogen and oxygen atoms in total. The summed E-state index contributed by atoms with van der Waals surface area (Å²) in [5.41, 5.74) is 3.87. The number of thiophene rings is 1. The van der Waals surface area contributed by atoms with Crippen LogP contribution in [0.1, 0.15) is 23.0 Å². The number of rotatable bonds is 8. The monoisotopic (exact) mass is 476 g/mol. The van der Waals surface area contributed by atoms with E-state index in [4.69, 9.17) is 4.74 Å². The highest BCUT2D eigenvalue weighted by Crippen LogP contribution is 2.29. The zero-order valence-electron chi connectivity index (χ0n) is 18.9. The van der Waals surface area contributed by atoms with Crippen molar-refractivity contribution in [2.45, 2.75) is 19.9 Å². The van der Waals surface area contributed by atoms with Crippen LogP contribution in [0.5, 0.6) is 0 Å². The number of pyridine rings is 1. The van der Waals surface area contributed by atoms with Crippen molar-refractivity contribution < 1.29 is 9.53 Å². The summed E-state index contributed by atoms with van der Waals surface area (Å²) in [6.07, 6.45) is 4.23. The van der Waals surface area contributed by atoms with Gasteiger partial charge in [0, 0.05) is 44.1 Å². The predicted molar refractivity (Wildman–Crippen MR) is 133 cm³/mol. The van der Waals surface area contributed by atoms with Gasteiger partial charge >= 0.3 is 5.69 Å². The molecule has 2 N–H and O–H groups in total. The molecule has 0 saturated heterocycles. The van der Waals surface area contributed by atoms with E-state index in [1.54, 1.807) is 24.0 Å². The van der Waals surface area contributed by atoms with E-state index in [1.807, 2.05) is 47.9 Å². The van der Waals surface area contributed by atoms with Gasteiger partial charge in [-0.2, -0.15) is 0 Å². The molecule has 0 aliphatic carbocycles. The topological polar surface area (TPSA) is 107 Å². The average molecular weight is 477 g/mol. The van der Waals surface area contributed by atoms with E-state index >= 15 is 0 Å². The van der Waals surface area contributed by atoms with E-state index in [0.717, 1.165) is 27.9 Å². The number of anilines is 1. The number of fused-ring (bicyclic) bond motifs is 2. The van der Waals surface area contributed by atoms with Crippen LogP contribution >= 0.6 is 11.3 Å². The number of nitrogens with one attached hydrogen (secondary N) is 2. The number of aromatic nitrogens is 5. The molecule has 1 aromatic carbocycles. The van der Waals surface area contributed by atoms with Crippen molar-refractivity contribution in [2.24, 2.45) is 7.05 Å². The van der Waals surface area contributed by atoms with Crippen molar-refractivity contribution in [3.05, 3.63) is 64.2 Å². The van der Waals surface area contributed by atoms with Crippen LogP contribution in [0.4, 0.5) is 5.95 Å². The molecule has 0 unspecified atom stereocenters. The molecule has 10 heteroatoms. The average Bonchev–Trinajstić information content (AvgIpc) is 3.53. The Morgan fingerprint density at radius 2 is 2.00 bits per heavy atom. The second-order valence-corrected chi connectivity index (χ2v) is 8.92. The fraction of sp³-hybridized carbons (Fsp3) is 0.250. The van der Waals surface area contributed by atoms with Gasteiger partial charge < -0.3 is 14.3 Å². The van der Waals surface area contributed by atoms with E-state index in [9.17, 15) is 9.59 Å². The number of benzene rings is 1. The van der Waals surface area contributed by atoms with Crippen LogP contribution in [-0.2, 0) is 18.3 Å². The Bertz CT molecular complexity index is 1530. The minimum absolute atomic E-state index is 0.179. The summed E-state index contributed by atoms with van der Waals surface area (Å²) in [4.78, 5) is 38.3. The highest BCUT2D eigenvalue weighted by Gasteiger charge is 2.18. The lowest BCUT2D eigenvalue weighted by Gasteiger charge is -2.10. The van der Waals surface area contributed by atoms with Crippen LogP contribution in [0.25, 0.3) is 32.5 Å². The lowest BCUT2D eigenvalue weighted by Crippen LogP contribution is -2.15. The summed E-state index contributed by atoms with van der Waals surface area (Å²) in [5, 5.41) is 2.99. The second-order valence-electron chi connectivity index (χ2n) is 7.84. The summed E-state index contributed by atoms with van der Waals surface area (Å²) in [6.45, 7) is 3.83. The van der Waals surface area contributed by atoms with Crippen molar-refractivity contribution in [1.82, 2.24) is 24.1 Å². The highest BCUT2D eigenvalue weighted by molar-refractivity contribution is 7.17. The molecular formula is C24H24N6O3S. The van der Waals surface area contributed by atoms with Gasteiger partial charge in [-0.05, 0) is 55.3 Å². The zero-order valence-corrected chi connectivity index (χ0v) is 19.7. The molecule has 5 rings (SSSR count). The van der Waals surface area contributed by atoms with Crippen LogP contribution in [0.15, 0.2) is 53.6 Å². The zero-order chi connectivity index (χ0) is 23.7. The first kappa shape index (κ1) is 22.1. The fourth-order valence-electron chi connectivity index (χ4n) is 3.93. The third kappa shape index (κ3) is 4.13. The third-order valence-corrected chi connectivity index (χ3v) is 6.80. The quantitative estimate of drug-likeness (QED) is 0.329. The number of aryl methyl sites for hydroxylation is 2. The van der Waals surface area contributed by atoms with Crippen LogP contribution < -0.4 is 11.0 Å². The third-order valence-electron chi connectivity index (χ3n) is 5.67. The molecule has 0 aliphatic heterocycles. The molecule has 174 valence electrons. The molecule has 0 saturated carbocycles. The first-order valence-corrected chi connectivity index (χ1v) is 11.8. The Morgan fingerprint density at radius 1 is 1.18 bits per heavy atom. The molecule has 0 atom stereocenters. The summed E-state index contributed by atoms with van der Waals surface area (Å²) in [6, 6.07) is 11.4. The first-order valence-electron chi connectivity index (χ1n) is 11.0. The lowest BCUT2D eigenvalue weighted by molar-refractivity contribution is 0.102. The number of aromatic amines is 1. The number of H-pyrrole nitrogens is 1. The number of nitrogens with zero attached hydrogens (tertiary/aromatic N) is 4. The molecule has 4 heterocycles. The molecule has 5 aromatic rings. The Morgan fingerprint density at radius 3 is 2.79 bits per heavy atom. The Hall–Kier alpha value is -3.76. The lowest BCUT2D eigenvalue weighted by atomic mass is 10.2. The maximum atomic E-state index is 13.1. The number of hydrogen-bond acceptors (Lipinski definition) is 6. The minimum Gasteiger partial charge on any atom is -0.382 e. The second kappa shape index (κ2) is 9.24. The van der Waals surface area contributed by atoms with E-state index in [0.29, 0.717) is 41.6 Å². The molecule has 0 radical (unpaired) electrons. The van der Waals surface area contributed by atoms with Gasteiger partial charge in [-0.25, -0.2) is 9.78 Å². The molecule has 0 aliphatic rings. The van der Waals surface area contributed by atoms with Gasteiger partial charge in [0.1, 0.15) is 0 Å². The van der Waals surface area contributed by atoms with Crippen molar-refractivity contribution in [2.75, 3.05) is 18.5 Å². The maximum absolute atomic E-state index is 13.1. The normalized spacial score (nSPS) is 11.5. The van der Waals surface area contributed by atoms with Gasteiger partial charge in [0.25, 0.3) is 5.91 Å². The summed E-state index contributed by atoms with van der Waals surface area (Å²) in [5.74, 6) is 0.248. The smallest absolute Gasteiger partial charge is 0.326 e. The van der Waals surface area contributed by atoms with Crippen LogP contribution in [0.2, 0.25) is 0 Å². The van der Waals surface area contributed by atoms with Crippen LogP contribution in [0.3, 0.4) is 0 Å². The van der Waals surface area contributed by atoms with Crippen molar-refractivity contribution in [3.8, 4) is 10.4 Å². The van der Waals surface area contributed by atoms with E-state index in [1.165, 1.54) is 11.3 Å². The molecular weight excluding hydrogens is 452 g/mol. The fourth-order valence-corrected chi connectivity index (χ4v) is 4.84. The van der Waals surface area contributed by atoms with Gasteiger partial charge in [-0.3, -0.25) is 19.7 Å². The predicted octanol–water partition coefficient (Wildman–Crippen LogP) is 4.02. The number of ether oxygens (including phenoxy) is 1. The molecule has 0 fully saturated rings. The van der Waals surface area contributed by atoms with E-state index in [-0.39, 0.29) is 11.6 Å². The maximum Gasteiger partial charge on any atom is 0.326 e. The number of hydrogen-bond donors (Lipinski definition) is 2. The van der Waals surface area contributed by atoms with E-state index < -0.39 is 0 Å². The van der Waals surface area contributed by atoms with Gasteiger partial charge in [-0.15, -0.1) is 11.3 Å². The molecule has 1 amide bonds. The summed E-state index contributed by atoms with van der Waals surface area (Å²) < 4.78 is 9.04. The van der Waals surface area contributed by atoms with Gasteiger partial charge in [0.15, 0.2) is 0 Å². The van der Waals surface area contributed by atoms with Crippen LogP contribution in [-0.4, -0.2) is 43.2 Å². The summed E-state index contributed by atoms with van der Waals surface area (Å²) >= 11 is 1.42. The number of amides is 1. The molecule has 0 spiro atoms. The first-order chi connectivity index (χ1) is 16.5. The summed E-state index contributed by atoms with van der Waals surface area (Å²) in [7, 11) is 1.72. The minimum atomic E-state index is -0.218. The Kier molecular flexibility index (Phi) is 5.99. The Balaban J connectivity index is 1.48. The Labute approximate surface area is 199 Å². The largest absolute Gasteiger partial charge is 0.382 e. The van der Waals surface area contributed by atoms with Crippen molar-refractivity contribution in [1.29, 1.82) is 0 Å². The van der Waals surface area contributed by atoms with Crippen molar-refractivity contribution >= 4 is 45.3 Å². The van der Waals surface area contributed by atoms with Gasteiger partial charge in [-0.1, -0.05) is 0 Å². The molecule has 0 bridgehead atoms. The van der Waals surface area contributed by atoms with Crippen molar-refractivity contribution in [3.63, 3.8) is 0 Å². The van der Waals surface area contributed by atoms with Gasteiger partial charge in [0.05, 0.1) is 26.9 Å². The highest BCUT2D eigenvalue weighted by atomic mass is 32.1. The molecule has 34 heavy (non-hydrogen) atoms. The van der Waals surface area contributed by atoms with E-state index in [2.05, 4.69) is 20.3 Å². The number of imidazole rings is 2. The number of carbonyl (C=O) groups excluding carboxylic acids is 1. The number of carbonyl (C=O) groups is 1.